The third-order valence-electron chi connectivity index (χ3n) is 3.08. The molecule has 3 rings (SSSR count). The summed E-state index contributed by atoms with van der Waals surface area (Å²) in [6.07, 6.45) is 0. The fraction of sp³-hybridized carbons (Fsp3) is 0.143. The first-order valence-corrected chi connectivity index (χ1v) is 7.22. The van der Waals surface area contributed by atoms with Crippen molar-refractivity contribution in [3.8, 4) is 0 Å². The lowest BCUT2D eigenvalue weighted by atomic mass is 10.2. The summed E-state index contributed by atoms with van der Waals surface area (Å²) >= 11 is 7.48. The van der Waals surface area contributed by atoms with Gasteiger partial charge in [0, 0.05) is 9.90 Å². The Bertz CT molecular complexity index is 907. The molecule has 0 saturated heterocycles. The van der Waals surface area contributed by atoms with Gasteiger partial charge in [-0.1, -0.05) is 29.8 Å². The zero-order valence-corrected chi connectivity index (χ0v) is 12.2. The summed E-state index contributed by atoms with van der Waals surface area (Å²) in [5, 5.41) is 1.08. The Kier molecular flexibility index (Phi) is 3.23. The first-order valence-electron chi connectivity index (χ1n) is 6.03. The molecular formula is C14H11ClN2O2S. The standard InChI is InChI=1S/C14H11ClN2O2S/c1-8-6-10-12(20-8)16-14(19)17(13(10)18)7-9-4-2-3-5-11(9)15/h2-6H,7H2,1H3,(H,16,19). The quantitative estimate of drug-likeness (QED) is 0.791. The molecule has 0 amide bonds. The molecule has 0 spiro atoms. The van der Waals surface area contributed by atoms with E-state index in [1.807, 2.05) is 19.1 Å². The van der Waals surface area contributed by atoms with Crippen LogP contribution in [0.1, 0.15) is 10.4 Å². The lowest BCUT2D eigenvalue weighted by Crippen LogP contribution is -2.34. The number of nitrogens with zero attached hydrogens (tertiary/aromatic N) is 1. The molecule has 0 aliphatic heterocycles. The molecule has 102 valence electrons. The van der Waals surface area contributed by atoms with Crippen LogP contribution in [0.25, 0.3) is 10.2 Å². The first-order chi connectivity index (χ1) is 9.56. The van der Waals surface area contributed by atoms with Crippen molar-refractivity contribution in [1.29, 1.82) is 0 Å². The van der Waals surface area contributed by atoms with Gasteiger partial charge in [-0.2, -0.15) is 0 Å². The molecule has 1 aromatic carbocycles. The molecule has 0 aliphatic carbocycles. The van der Waals surface area contributed by atoms with Crippen LogP contribution in [0.15, 0.2) is 39.9 Å². The SMILES string of the molecule is Cc1cc2c(=O)n(Cc3ccccc3Cl)c(=O)[nH]c2s1. The van der Waals surface area contributed by atoms with Crippen LogP contribution in [-0.2, 0) is 6.54 Å². The largest absolute Gasteiger partial charge is 0.329 e. The minimum atomic E-state index is -0.413. The number of nitrogens with one attached hydrogen (secondary N) is 1. The van der Waals surface area contributed by atoms with E-state index >= 15 is 0 Å². The highest BCUT2D eigenvalue weighted by Gasteiger charge is 2.11. The van der Waals surface area contributed by atoms with Gasteiger partial charge in [0.15, 0.2) is 0 Å². The molecule has 1 N–H and O–H groups in total. The Labute approximate surface area is 123 Å². The molecular weight excluding hydrogens is 296 g/mol. The maximum atomic E-state index is 12.4. The number of thiophene rings is 1. The van der Waals surface area contributed by atoms with Gasteiger partial charge in [0.05, 0.1) is 11.9 Å². The van der Waals surface area contributed by atoms with E-state index in [-0.39, 0.29) is 12.1 Å². The van der Waals surface area contributed by atoms with E-state index < -0.39 is 5.69 Å². The van der Waals surface area contributed by atoms with Crippen LogP contribution in [0.5, 0.6) is 0 Å². The van der Waals surface area contributed by atoms with Gasteiger partial charge in [-0.3, -0.25) is 14.3 Å². The highest BCUT2D eigenvalue weighted by Crippen LogP contribution is 2.19. The van der Waals surface area contributed by atoms with Gasteiger partial charge >= 0.3 is 5.69 Å². The summed E-state index contributed by atoms with van der Waals surface area (Å²) < 4.78 is 1.18. The Balaban J connectivity index is 2.19. The minimum absolute atomic E-state index is 0.165. The van der Waals surface area contributed by atoms with E-state index in [0.29, 0.717) is 15.2 Å². The molecule has 2 aromatic heterocycles. The van der Waals surface area contributed by atoms with Gasteiger partial charge in [0.2, 0.25) is 0 Å². The molecule has 0 aliphatic rings. The van der Waals surface area contributed by atoms with Crippen LogP contribution >= 0.6 is 22.9 Å². The minimum Gasteiger partial charge on any atom is -0.298 e. The van der Waals surface area contributed by atoms with Crippen molar-refractivity contribution < 1.29 is 0 Å². The maximum absolute atomic E-state index is 12.4. The number of H-pyrrole nitrogens is 1. The van der Waals surface area contributed by atoms with Crippen molar-refractivity contribution in [2.45, 2.75) is 13.5 Å². The molecule has 6 heteroatoms. The lowest BCUT2D eigenvalue weighted by Gasteiger charge is -2.06. The van der Waals surface area contributed by atoms with E-state index in [4.69, 9.17) is 11.6 Å². The van der Waals surface area contributed by atoms with Crippen LogP contribution in [0.2, 0.25) is 5.02 Å². The van der Waals surface area contributed by atoms with Gasteiger partial charge in [-0.15, -0.1) is 11.3 Å². The normalized spacial score (nSPS) is 11.1. The lowest BCUT2D eigenvalue weighted by molar-refractivity contribution is 0.713. The number of hydrogen-bond donors (Lipinski definition) is 1. The Morgan fingerprint density at radius 3 is 2.80 bits per heavy atom. The van der Waals surface area contributed by atoms with Crippen molar-refractivity contribution in [2.24, 2.45) is 0 Å². The number of fused-ring (bicyclic) bond motifs is 1. The number of aromatic nitrogens is 2. The third kappa shape index (κ3) is 2.19. The molecule has 0 fully saturated rings. The van der Waals surface area contributed by atoms with Gasteiger partial charge in [0.25, 0.3) is 5.56 Å². The number of aromatic amines is 1. The number of aryl methyl sites for hydroxylation is 1. The van der Waals surface area contributed by atoms with Crippen molar-refractivity contribution in [1.82, 2.24) is 9.55 Å². The van der Waals surface area contributed by atoms with Gasteiger partial charge in [-0.05, 0) is 24.6 Å². The third-order valence-corrected chi connectivity index (χ3v) is 4.42. The van der Waals surface area contributed by atoms with Crippen LogP contribution in [0, 0.1) is 6.92 Å². The maximum Gasteiger partial charge on any atom is 0.329 e. The molecule has 0 atom stereocenters. The molecule has 20 heavy (non-hydrogen) atoms. The van der Waals surface area contributed by atoms with Crippen molar-refractivity contribution in [3.05, 3.63) is 66.6 Å². The summed E-state index contributed by atoms with van der Waals surface area (Å²) in [7, 11) is 0. The second kappa shape index (κ2) is 4.92. The summed E-state index contributed by atoms with van der Waals surface area (Å²) in [6.45, 7) is 2.07. The van der Waals surface area contributed by atoms with Crippen LogP contribution < -0.4 is 11.2 Å². The summed E-state index contributed by atoms with van der Waals surface area (Å²) in [4.78, 5) is 28.8. The van der Waals surface area contributed by atoms with Crippen molar-refractivity contribution >= 4 is 33.2 Å². The zero-order chi connectivity index (χ0) is 14.3. The second-order valence-electron chi connectivity index (χ2n) is 4.51. The molecule has 0 saturated carbocycles. The van der Waals surface area contributed by atoms with Crippen molar-refractivity contribution in [2.75, 3.05) is 0 Å². The van der Waals surface area contributed by atoms with E-state index in [1.165, 1.54) is 15.9 Å². The van der Waals surface area contributed by atoms with Gasteiger partial charge in [0.1, 0.15) is 4.83 Å². The smallest absolute Gasteiger partial charge is 0.298 e. The van der Waals surface area contributed by atoms with Gasteiger partial charge < -0.3 is 0 Å². The molecule has 0 bridgehead atoms. The zero-order valence-electron chi connectivity index (χ0n) is 10.6. The van der Waals surface area contributed by atoms with Crippen molar-refractivity contribution in [3.63, 3.8) is 0 Å². The number of hydrogen-bond acceptors (Lipinski definition) is 3. The molecule has 0 radical (unpaired) electrons. The fourth-order valence-corrected chi connectivity index (χ4v) is 3.20. The fourth-order valence-electron chi connectivity index (χ4n) is 2.11. The van der Waals surface area contributed by atoms with Gasteiger partial charge in [-0.25, -0.2) is 4.79 Å². The van der Waals surface area contributed by atoms with E-state index in [1.54, 1.807) is 18.2 Å². The van der Waals surface area contributed by atoms with E-state index in [2.05, 4.69) is 4.98 Å². The summed E-state index contributed by atoms with van der Waals surface area (Å²) in [5.41, 5.74) is 0.0466. The highest BCUT2D eigenvalue weighted by atomic mass is 35.5. The van der Waals surface area contributed by atoms with Crippen LogP contribution in [-0.4, -0.2) is 9.55 Å². The molecule has 2 heterocycles. The predicted octanol–water partition coefficient (Wildman–Crippen LogP) is 2.76. The van der Waals surface area contributed by atoms with E-state index in [9.17, 15) is 9.59 Å². The monoisotopic (exact) mass is 306 g/mol. The predicted molar refractivity (Wildman–Crippen MR) is 82.0 cm³/mol. The Morgan fingerprint density at radius 1 is 1.30 bits per heavy atom. The Morgan fingerprint density at radius 2 is 2.05 bits per heavy atom. The summed E-state index contributed by atoms with van der Waals surface area (Å²) in [6, 6.07) is 8.97. The Hall–Kier alpha value is -1.85. The molecule has 3 aromatic rings. The van der Waals surface area contributed by atoms with E-state index in [0.717, 1.165) is 10.4 Å². The molecule has 0 unspecified atom stereocenters. The van der Waals surface area contributed by atoms with Crippen LogP contribution in [0.3, 0.4) is 0 Å². The average molecular weight is 307 g/mol. The highest BCUT2D eigenvalue weighted by molar-refractivity contribution is 7.18. The summed E-state index contributed by atoms with van der Waals surface area (Å²) in [5.74, 6) is 0. The second-order valence-corrected chi connectivity index (χ2v) is 6.18. The number of rotatable bonds is 2. The number of halogens is 1. The molecule has 4 nitrogen and oxygen atoms in total. The average Bonchev–Trinajstić information content (AvgIpc) is 2.77. The van der Waals surface area contributed by atoms with Crippen LogP contribution in [0.4, 0.5) is 0 Å². The first kappa shape index (κ1) is 13.1. The topological polar surface area (TPSA) is 54.9 Å². The number of benzene rings is 1.